The van der Waals surface area contributed by atoms with Gasteiger partial charge in [0.1, 0.15) is 0 Å². The Morgan fingerprint density at radius 2 is 1.36 bits per heavy atom. The fraction of sp³-hybridized carbons (Fsp3) is 0.636. The summed E-state index contributed by atoms with van der Waals surface area (Å²) in [7, 11) is 0. The second kappa shape index (κ2) is 6.21. The maximum absolute atomic E-state index is 3.16. The van der Waals surface area contributed by atoms with Crippen LogP contribution in [-0.2, 0) is 0 Å². The van der Waals surface area contributed by atoms with E-state index in [1.165, 1.54) is 44.9 Å². The van der Waals surface area contributed by atoms with Crippen molar-refractivity contribution in [2.24, 2.45) is 0 Å². The molecule has 0 heteroatoms. The molecule has 0 aromatic heterocycles. The first-order valence-electron chi connectivity index (χ1n) is 4.60. The topological polar surface area (TPSA) is 0 Å². The van der Waals surface area contributed by atoms with Gasteiger partial charge in [-0.3, -0.25) is 0 Å². The summed E-state index contributed by atoms with van der Waals surface area (Å²) in [5, 5.41) is 0. The lowest BCUT2D eigenvalue weighted by molar-refractivity contribution is 0.718. The molecule has 0 fully saturated rings. The molecule has 0 aromatic rings. The predicted molar refractivity (Wildman–Crippen MR) is 47.9 cm³/mol. The highest BCUT2D eigenvalue weighted by Gasteiger charge is 1.87. The van der Waals surface area contributed by atoms with Gasteiger partial charge < -0.3 is 0 Å². The molecule has 0 saturated carbocycles. The Hall–Kier alpha value is -0.520. The van der Waals surface area contributed by atoms with E-state index in [4.69, 9.17) is 0 Å². The molecule has 0 nitrogen and oxygen atoms in total. The Labute approximate surface area is 70.0 Å². The molecule has 0 bridgehead atoms. The number of hydrogen-bond acceptors (Lipinski definition) is 0. The van der Waals surface area contributed by atoms with Crippen LogP contribution in [0.25, 0.3) is 0 Å². The predicted octanol–water partition coefficient (Wildman–Crippen LogP) is 3.45. The zero-order chi connectivity index (χ0) is 7.78. The smallest absolute Gasteiger partial charge is 0.0276 e. The van der Waals surface area contributed by atoms with Gasteiger partial charge >= 0.3 is 0 Å². The summed E-state index contributed by atoms with van der Waals surface area (Å²) in [5.74, 6) is 0. The zero-order valence-corrected chi connectivity index (χ0v) is 7.10. The lowest BCUT2D eigenvalue weighted by Crippen LogP contribution is -1.78. The van der Waals surface area contributed by atoms with Gasteiger partial charge in [-0.1, -0.05) is 12.2 Å². The highest BCUT2D eigenvalue weighted by Crippen LogP contribution is 2.06. The van der Waals surface area contributed by atoms with Crippen LogP contribution in [0.1, 0.15) is 44.9 Å². The average molecular weight is 148 g/mol. The zero-order valence-electron chi connectivity index (χ0n) is 7.10. The second-order valence-corrected chi connectivity index (χ2v) is 2.95. The van der Waals surface area contributed by atoms with E-state index < -0.39 is 0 Å². The molecular weight excluding hydrogens is 132 g/mol. The van der Waals surface area contributed by atoms with Crippen molar-refractivity contribution in [1.82, 2.24) is 0 Å². The molecule has 0 saturated heterocycles. The third-order valence-electron chi connectivity index (χ3n) is 1.88. The summed E-state index contributed by atoms with van der Waals surface area (Å²) < 4.78 is 0. The Morgan fingerprint density at radius 1 is 0.727 bits per heavy atom. The van der Waals surface area contributed by atoms with Crippen LogP contribution in [0.2, 0.25) is 0 Å². The van der Waals surface area contributed by atoms with Crippen molar-refractivity contribution in [3.05, 3.63) is 24.3 Å². The maximum Gasteiger partial charge on any atom is -0.0276 e. The molecule has 0 spiro atoms. The van der Waals surface area contributed by atoms with Crippen LogP contribution >= 0.6 is 0 Å². The van der Waals surface area contributed by atoms with Gasteiger partial charge in [-0.05, 0) is 57.1 Å². The van der Waals surface area contributed by atoms with Crippen LogP contribution in [0.3, 0.4) is 0 Å². The number of allylic oxidation sites excluding steroid dienone is 4. The maximum atomic E-state index is 3.16. The van der Waals surface area contributed by atoms with E-state index in [2.05, 4.69) is 24.3 Å². The fourth-order valence-corrected chi connectivity index (χ4v) is 1.19. The fourth-order valence-electron chi connectivity index (χ4n) is 1.19. The molecule has 0 unspecified atom stereocenters. The van der Waals surface area contributed by atoms with Crippen molar-refractivity contribution < 1.29 is 0 Å². The van der Waals surface area contributed by atoms with Crippen LogP contribution in [-0.4, -0.2) is 0 Å². The van der Waals surface area contributed by atoms with Gasteiger partial charge in [0.15, 0.2) is 0 Å². The monoisotopic (exact) mass is 148 g/mol. The molecule has 0 atom stereocenters. The standard InChI is InChI=1S/C6H9.C5H7/c1-2-4-6-5-3-1;1-2-4-5-3-1/h1H,2,4-6H2;1H,2,4-5H2. The van der Waals surface area contributed by atoms with E-state index in [0.717, 1.165) is 0 Å². The lowest BCUT2D eigenvalue weighted by Gasteiger charge is -1.96. The molecule has 2 aliphatic rings. The molecular formula is C11H16. The van der Waals surface area contributed by atoms with Crippen LogP contribution in [0.4, 0.5) is 0 Å². The lowest BCUT2D eigenvalue weighted by atomic mass is 10.1. The normalized spacial score (nSPS) is 21.1. The van der Waals surface area contributed by atoms with Crippen molar-refractivity contribution in [1.29, 1.82) is 0 Å². The molecule has 0 N–H and O–H groups in total. The minimum atomic E-state index is 1.19. The summed E-state index contributed by atoms with van der Waals surface area (Å²) in [4.78, 5) is 0. The third kappa shape index (κ3) is 4.83. The van der Waals surface area contributed by atoms with Crippen molar-refractivity contribution in [2.75, 3.05) is 0 Å². The highest BCUT2D eigenvalue weighted by atomic mass is 13.9. The molecule has 0 aromatic carbocycles. The van der Waals surface area contributed by atoms with Gasteiger partial charge in [0, 0.05) is 0 Å². The van der Waals surface area contributed by atoms with E-state index in [1.807, 2.05) is 0 Å². The minimum absolute atomic E-state index is 1.19. The van der Waals surface area contributed by atoms with E-state index in [0.29, 0.717) is 0 Å². The summed E-state index contributed by atoms with van der Waals surface area (Å²) in [5.41, 5.74) is 0. The molecule has 0 amide bonds. The minimum Gasteiger partial charge on any atom is -0.0811 e. The first kappa shape index (κ1) is 8.58. The van der Waals surface area contributed by atoms with E-state index >= 15 is 0 Å². The van der Waals surface area contributed by atoms with Crippen LogP contribution in [0, 0.1) is 12.2 Å². The van der Waals surface area contributed by atoms with Crippen LogP contribution < -0.4 is 0 Å². The molecule has 2 aliphatic carbocycles. The van der Waals surface area contributed by atoms with Crippen molar-refractivity contribution in [3.8, 4) is 0 Å². The van der Waals surface area contributed by atoms with Crippen molar-refractivity contribution in [2.45, 2.75) is 44.9 Å². The average Bonchev–Trinajstić information content (AvgIpc) is 2.64. The Balaban J connectivity index is 0.000000112. The molecule has 2 rings (SSSR count). The van der Waals surface area contributed by atoms with Gasteiger partial charge in [-0.25, -0.2) is 0 Å². The summed E-state index contributed by atoms with van der Waals surface area (Å²) >= 11 is 0. The molecule has 0 aliphatic heterocycles. The first-order chi connectivity index (χ1) is 5.50. The Morgan fingerprint density at radius 3 is 1.55 bits per heavy atom. The van der Waals surface area contributed by atoms with Crippen molar-refractivity contribution >= 4 is 0 Å². The van der Waals surface area contributed by atoms with E-state index in [1.54, 1.807) is 0 Å². The number of hydrogen-bond donors (Lipinski definition) is 0. The Kier molecular flexibility index (Phi) is 4.84. The molecule has 60 valence electrons. The Bertz CT molecular complexity index is 117. The highest BCUT2D eigenvalue weighted by molar-refractivity contribution is 4.80. The van der Waals surface area contributed by atoms with Crippen molar-refractivity contribution in [3.63, 3.8) is 0 Å². The molecule has 11 heavy (non-hydrogen) atoms. The second-order valence-electron chi connectivity index (χ2n) is 2.95. The van der Waals surface area contributed by atoms with E-state index in [9.17, 15) is 0 Å². The summed E-state index contributed by atoms with van der Waals surface area (Å²) in [6, 6.07) is 0. The first-order valence-corrected chi connectivity index (χ1v) is 4.60. The molecule has 0 heterocycles. The summed E-state index contributed by atoms with van der Waals surface area (Å²) in [6.45, 7) is 0. The van der Waals surface area contributed by atoms with Gasteiger partial charge in [0.25, 0.3) is 0 Å². The van der Waals surface area contributed by atoms with Gasteiger partial charge in [-0.15, -0.1) is 0 Å². The molecule has 2 radical (unpaired) electrons. The van der Waals surface area contributed by atoms with Gasteiger partial charge in [-0.2, -0.15) is 0 Å². The SMILES string of the molecule is [C]1=CCCC1.[C]1=CCCCC1. The van der Waals surface area contributed by atoms with Crippen LogP contribution in [0.15, 0.2) is 12.2 Å². The summed E-state index contributed by atoms with van der Waals surface area (Å²) in [6.07, 6.45) is 19.5. The van der Waals surface area contributed by atoms with Crippen LogP contribution in [0.5, 0.6) is 0 Å². The van der Waals surface area contributed by atoms with E-state index in [-0.39, 0.29) is 0 Å². The largest absolute Gasteiger partial charge is 0.0811 e. The van der Waals surface area contributed by atoms with Gasteiger partial charge in [0.05, 0.1) is 0 Å². The quantitative estimate of drug-likeness (QED) is 0.493. The van der Waals surface area contributed by atoms with Gasteiger partial charge in [0.2, 0.25) is 0 Å². The third-order valence-corrected chi connectivity index (χ3v) is 1.88. The number of rotatable bonds is 0.